The molecule has 2 aromatic rings. The number of rotatable bonds is 8. The molecule has 2 rings (SSSR count). The smallest absolute Gasteiger partial charge is 0.155 e. The Balaban J connectivity index is 2.42. The molecule has 0 spiro atoms. The summed E-state index contributed by atoms with van der Waals surface area (Å²) in [6, 6.07) is 11.6. The van der Waals surface area contributed by atoms with E-state index in [0.29, 0.717) is 0 Å². The molecular weight excluding hydrogens is 302 g/mol. The van der Waals surface area contributed by atoms with E-state index in [1.165, 1.54) is 0 Å². The zero-order chi connectivity index (χ0) is 17.5. The van der Waals surface area contributed by atoms with Crippen LogP contribution in [0.15, 0.2) is 36.4 Å². The van der Waals surface area contributed by atoms with Gasteiger partial charge in [-0.3, -0.25) is 0 Å². The summed E-state index contributed by atoms with van der Waals surface area (Å²) in [5, 5.41) is 22.2. The van der Waals surface area contributed by atoms with Gasteiger partial charge in [-0.15, -0.1) is 0 Å². The van der Waals surface area contributed by atoms with Crippen LogP contribution < -0.4 is 10.1 Å². The van der Waals surface area contributed by atoms with Crippen molar-refractivity contribution < 1.29 is 14.9 Å². The second-order valence-electron chi connectivity index (χ2n) is 6.06. The molecule has 0 aliphatic carbocycles. The maximum atomic E-state index is 9.34. The number of aryl methyl sites for hydroxylation is 1. The Bertz CT molecular complexity index is 654. The van der Waals surface area contributed by atoms with E-state index < -0.39 is 6.29 Å². The number of aliphatic hydroxyl groups is 2. The van der Waals surface area contributed by atoms with E-state index >= 15 is 0 Å². The summed E-state index contributed by atoms with van der Waals surface area (Å²) in [6.45, 7) is 7.01. The van der Waals surface area contributed by atoms with Gasteiger partial charge >= 0.3 is 0 Å². The van der Waals surface area contributed by atoms with Crippen LogP contribution in [0.5, 0.6) is 11.5 Å². The first-order valence-corrected chi connectivity index (χ1v) is 8.49. The first-order valence-electron chi connectivity index (χ1n) is 8.49. The van der Waals surface area contributed by atoms with Crippen LogP contribution in [0.1, 0.15) is 36.5 Å². The van der Waals surface area contributed by atoms with Gasteiger partial charge in [0.25, 0.3) is 0 Å². The summed E-state index contributed by atoms with van der Waals surface area (Å²) in [7, 11) is 0. The Labute approximate surface area is 144 Å². The SMILES string of the molecule is CCCCNc1c(C)cc(CC(O)O)c(C)c1Oc1ccccc1. The van der Waals surface area contributed by atoms with Gasteiger partial charge in [-0.05, 0) is 49.1 Å². The lowest BCUT2D eigenvalue weighted by atomic mass is 9.99. The molecule has 0 atom stereocenters. The van der Waals surface area contributed by atoms with Crippen LogP contribution in [-0.4, -0.2) is 23.0 Å². The second-order valence-corrected chi connectivity index (χ2v) is 6.06. The average molecular weight is 329 g/mol. The van der Waals surface area contributed by atoms with Crippen molar-refractivity contribution in [2.45, 2.75) is 46.3 Å². The van der Waals surface area contributed by atoms with E-state index in [4.69, 9.17) is 4.74 Å². The molecule has 3 N–H and O–H groups in total. The number of ether oxygens (including phenoxy) is 1. The van der Waals surface area contributed by atoms with Crippen molar-refractivity contribution in [1.82, 2.24) is 0 Å². The maximum Gasteiger partial charge on any atom is 0.155 e. The van der Waals surface area contributed by atoms with E-state index in [1.54, 1.807) is 0 Å². The molecule has 0 radical (unpaired) electrons. The molecule has 0 aliphatic rings. The van der Waals surface area contributed by atoms with Crippen LogP contribution in [0.4, 0.5) is 5.69 Å². The normalized spacial score (nSPS) is 10.9. The molecule has 0 aromatic heterocycles. The number of hydrogen-bond acceptors (Lipinski definition) is 4. The van der Waals surface area contributed by atoms with Gasteiger partial charge < -0.3 is 20.3 Å². The second kappa shape index (κ2) is 8.71. The number of benzene rings is 2. The molecule has 0 saturated heterocycles. The molecule has 0 aliphatic heterocycles. The Hall–Kier alpha value is -2.04. The van der Waals surface area contributed by atoms with Crippen LogP contribution in [0.2, 0.25) is 0 Å². The van der Waals surface area contributed by atoms with Crippen LogP contribution in [0.25, 0.3) is 0 Å². The van der Waals surface area contributed by atoms with Gasteiger partial charge in [0.1, 0.15) is 5.75 Å². The molecule has 2 aromatic carbocycles. The summed E-state index contributed by atoms with van der Waals surface area (Å²) in [5.41, 5.74) is 3.82. The maximum absolute atomic E-state index is 9.34. The first kappa shape index (κ1) is 18.3. The molecule has 0 amide bonds. The minimum atomic E-state index is -1.37. The molecule has 0 saturated carbocycles. The summed E-state index contributed by atoms with van der Waals surface area (Å²) in [6.07, 6.45) is 1.02. The third kappa shape index (κ3) is 4.73. The van der Waals surface area contributed by atoms with Gasteiger partial charge in [0.15, 0.2) is 12.0 Å². The number of nitrogens with one attached hydrogen (secondary N) is 1. The number of para-hydroxylation sites is 1. The number of unbranched alkanes of at least 4 members (excludes halogenated alkanes) is 1. The molecule has 4 nitrogen and oxygen atoms in total. The van der Waals surface area contributed by atoms with Crippen molar-refractivity contribution in [2.24, 2.45) is 0 Å². The van der Waals surface area contributed by atoms with Gasteiger partial charge in [0, 0.05) is 13.0 Å². The quantitative estimate of drug-likeness (QED) is 0.503. The number of hydrogen-bond donors (Lipinski definition) is 3. The van der Waals surface area contributed by atoms with Crippen LogP contribution >= 0.6 is 0 Å². The highest BCUT2D eigenvalue weighted by atomic mass is 16.5. The largest absolute Gasteiger partial charge is 0.455 e. The van der Waals surface area contributed by atoms with Crippen molar-refractivity contribution in [3.8, 4) is 11.5 Å². The van der Waals surface area contributed by atoms with Crippen LogP contribution in [0, 0.1) is 13.8 Å². The van der Waals surface area contributed by atoms with Crippen molar-refractivity contribution >= 4 is 5.69 Å². The summed E-state index contributed by atoms with van der Waals surface area (Å²) < 4.78 is 6.15. The lowest BCUT2D eigenvalue weighted by molar-refractivity contribution is -0.0382. The third-order valence-corrected chi connectivity index (χ3v) is 4.03. The van der Waals surface area contributed by atoms with E-state index in [9.17, 15) is 10.2 Å². The fourth-order valence-corrected chi connectivity index (χ4v) is 2.71. The molecule has 0 unspecified atom stereocenters. The van der Waals surface area contributed by atoms with Crippen LogP contribution in [0.3, 0.4) is 0 Å². The van der Waals surface area contributed by atoms with Crippen molar-refractivity contribution in [1.29, 1.82) is 0 Å². The highest BCUT2D eigenvalue weighted by molar-refractivity contribution is 5.67. The fraction of sp³-hybridized carbons (Fsp3) is 0.400. The van der Waals surface area contributed by atoms with E-state index in [2.05, 4.69) is 12.2 Å². The van der Waals surface area contributed by atoms with Gasteiger partial charge in [-0.2, -0.15) is 0 Å². The molecule has 0 bridgehead atoms. The van der Waals surface area contributed by atoms with Crippen molar-refractivity contribution in [2.75, 3.05) is 11.9 Å². The summed E-state index contributed by atoms with van der Waals surface area (Å²) in [5.74, 6) is 1.52. The van der Waals surface area contributed by atoms with Crippen LogP contribution in [-0.2, 0) is 6.42 Å². The summed E-state index contributed by atoms with van der Waals surface area (Å²) in [4.78, 5) is 0. The summed E-state index contributed by atoms with van der Waals surface area (Å²) >= 11 is 0. The van der Waals surface area contributed by atoms with E-state index in [0.717, 1.165) is 53.3 Å². The molecule has 0 heterocycles. The Morgan fingerprint density at radius 2 is 1.83 bits per heavy atom. The number of anilines is 1. The standard InChI is InChI=1S/C20H27NO3/c1-4-5-11-21-19-14(2)12-16(13-18(22)23)15(3)20(19)24-17-9-7-6-8-10-17/h6-10,12,18,21-23H,4-5,11,13H2,1-3H3. The van der Waals surface area contributed by atoms with Gasteiger partial charge in [0.05, 0.1) is 5.69 Å². The highest BCUT2D eigenvalue weighted by Gasteiger charge is 2.17. The molecule has 0 fully saturated rings. The molecular formula is C20H27NO3. The number of aliphatic hydroxyl groups excluding tert-OH is 1. The Morgan fingerprint density at radius 3 is 2.46 bits per heavy atom. The van der Waals surface area contributed by atoms with E-state index in [-0.39, 0.29) is 6.42 Å². The Kier molecular flexibility index (Phi) is 6.64. The monoisotopic (exact) mass is 329 g/mol. The zero-order valence-electron chi connectivity index (χ0n) is 14.7. The lowest BCUT2D eigenvalue weighted by Crippen LogP contribution is -2.12. The van der Waals surface area contributed by atoms with Gasteiger partial charge in [-0.25, -0.2) is 0 Å². The first-order chi connectivity index (χ1) is 11.5. The van der Waals surface area contributed by atoms with Gasteiger partial charge in [-0.1, -0.05) is 37.6 Å². The predicted octanol–water partition coefficient (Wildman–Crippen LogP) is 4.16. The Morgan fingerprint density at radius 1 is 1.12 bits per heavy atom. The zero-order valence-corrected chi connectivity index (χ0v) is 14.7. The van der Waals surface area contributed by atoms with Crippen molar-refractivity contribution in [3.05, 3.63) is 53.1 Å². The highest BCUT2D eigenvalue weighted by Crippen LogP contribution is 2.38. The predicted molar refractivity (Wildman–Crippen MR) is 97.8 cm³/mol. The van der Waals surface area contributed by atoms with Gasteiger partial charge in [0.2, 0.25) is 0 Å². The minimum absolute atomic E-state index is 0.188. The lowest BCUT2D eigenvalue weighted by Gasteiger charge is -2.21. The molecule has 130 valence electrons. The topological polar surface area (TPSA) is 61.7 Å². The minimum Gasteiger partial charge on any atom is -0.455 e. The third-order valence-electron chi connectivity index (χ3n) is 4.03. The average Bonchev–Trinajstić information content (AvgIpc) is 2.55. The van der Waals surface area contributed by atoms with Crippen molar-refractivity contribution in [3.63, 3.8) is 0 Å². The van der Waals surface area contributed by atoms with E-state index in [1.807, 2.05) is 50.2 Å². The molecule has 4 heteroatoms. The molecule has 24 heavy (non-hydrogen) atoms. The fourth-order valence-electron chi connectivity index (χ4n) is 2.71.